The summed E-state index contributed by atoms with van der Waals surface area (Å²) in [6.07, 6.45) is 11.3. The van der Waals surface area contributed by atoms with E-state index in [0.717, 1.165) is 18.4 Å². The maximum atomic E-state index is 12.0. The zero-order valence-electron chi connectivity index (χ0n) is 12.8. The first-order valence-electron chi connectivity index (χ1n) is 7.68. The molecule has 0 fully saturated rings. The molecule has 1 heterocycles. The van der Waals surface area contributed by atoms with Gasteiger partial charge in [0.1, 0.15) is 7.05 Å². The average molecular weight is 298 g/mol. The predicted octanol–water partition coefficient (Wildman–Crippen LogP) is 2.83. The molecule has 4 heteroatoms. The summed E-state index contributed by atoms with van der Waals surface area (Å²) in [5.41, 5.74) is 1.09. The maximum Gasteiger partial charge on any atom is 0.168 e. The van der Waals surface area contributed by atoms with Gasteiger partial charge in [-0.25, -0.2) is 13.0 Å². The first-order valence-corrected chi connectivity index (χ1v) is 9.50. The van der Waals surface area contributed by atoms with E-state index in [2.05, 4.69) is 6.92 Å². The first-order chi connectivity index (χ1) is 9.53. The van der Waals surface area contributed by atoms with Crippen LogP contribution in [0.2, 0.25) is 0 Å². The lowest BCUT2D eigenvalue weighted by Gasteiger charge is -2.04. The molecule has 20 heavy (non-hydrogen) atoms. The van der Waals surface area contributed by atoms with E-state index in [0.29, 0.717) is 12.2 Å². The second-order valence-electron chi connectivity index (χ2n) is 5.54. The van der Waals surface area contributed by atoms with Gasteiger partial charge in [0.15, 0.2) is 22.2 Å². The smallest absolute Gasteiger partial charge is 0.168 e. The van der Waals surface area contributed by atoms with E-state index >= 15 is 0 Å². The fraction of sp³-hybridized carbons (Fsp3) is 0.688. The number of hydrogen-bond acceptors (Lipinski definition) is 2. The lowest BCUT2D eigenvalue weighted by Crippen LogP contribution is -2.26. The van der Waals surface area contributed by atoms with E-state index in [4.69, 9.17) is 0 Å². The molecule has 0 amide bonds. The average Bonchev–Trinajstić information content (AvgIpc) is 2.42. The van der Waals surface area contributed by atoms with Crippen molar-refractivity contribution in [2.45, 2.75) is 51.9 Å². The monoisotopic (exact) mass is 298 g/mol. The fourth-order valence-electron chi connectivity index (χ4n) is 2.18. The largest absolute Gasteiger partial charge is 0.229 e. The van der Waals surface area contributed by atoms with E-state index in [1.165, 1.54) is 25.7 Å². The lowest BCUT2D eigenvalue weighted by molar-refractivity contribution is -0.671. The highest BCUT2D eigenvalue weighted by atomic mass is 32.2. The molecule has 1 aromatic rings. The van der Waals surface area contributed by atoms with E-state index in [-0.39, 0.29) is 5.75 Å². The minimum absolute atomic E-state index is 0.273. The Bertz CT molecular complexity index is 466. The van der Waals surface area contributed by atoms with Crippen LogP contribution in [0, 0.1) is 0 Å². The lowest BCUT2D eigenvalue weighted by atomic mass is 10.1. The van der Waals surface area contributed by atoms with Gasteiger partial charge < -0.3 is 0 Å². The highest BCUT2D eigenvalue weighted by molar-refractivity contribution is 7.91. The fourth-order valence-corrected chi connectivity index (χ4v) is 3.57. The van der Waals surface area contributed by atoms with Gasteiger partial charge in [-0.3, -0.25) is 0 Å². The number of unbranched alkanes of at least 4 members (excludes halogenated alkanes) is 5. The van der Waals surface area contributed by atoms with E-state index in [1.807, 2.05) is 36.1 Å². The van der Waals surface area contributed by atoms with Gasteiger partial charge in [-0.05, 0) is 18.4 Å². The van der Waals surface area contributed by atoms with Crippen molar-refractivity contribution < 1.29 is 13.0 Å². The van der Waals surface area contributed by atoms with Crippen molar-refractivity contribution in [3.8, 4) is 0 Å². The van der Waals surface area contributed by atoms with Gasteiger partial charge in [0.25, 0.3) is 0 Å². The quantitative estimate of drug-likeness (QED) is 0.492. The van der Waals surface area contributed by atoms with Gasteiger partial charge in [0.05, 0.1) is 11.5 Å². The number of nitrogens with zero attached hydrogens (tertiary/aromatic N) is 1. The van der Waals surface area contributed by atoms with Crippen molar-refractivity contribution in [3.63, 3.8) is 0 Å². The number of hydrogen-bond donors (Lipinski definition) is 0. The molecule has 0 bridgehead atoms. The summed E-state index contributed by atoms with van der Waals surface area (Å²) in [6.45, 7) is 2.19. The van der Waals surface area contributed by atoms with Gasteiger partial charge in [-0.2, -0.15) is 0 Å². The van der Waals surface area contributed by atoms with Gasteiger partial charge in [-0.1, -0.05) is 39.0 Å². The third-order valence-electron chi connectivity index (χ3n) is 3.56. The zero-order valence-corrected chi connectivity index (χ0v) is 13.7. The normalized spacial score (nSPS) is 11.7. The molecule has 0 aliphatic heterocycles. The number of rotatable bonds is 10. The number of aryl methyl sites for hydroxylation is 2. The Morgan fingerprint density at radius 1 is 0.950 bits per heavy atom. The molecule has 1 rings (SSSR count). The second kappa shape index (κ2) is 9.11. The van der Waals surface area contributed by atoms with Crippen LogP contribution < -0.4 is 4.57 Å². The SMILES string of the molecule is CCCCCCCCS(=O)(=O)CCc1cc[n+](C)cc1. The van der Waals surface area contributed by atoms with Crippen LogP contribution in [0.25, 0.3) is 0 Å². The van der Waals surface area contributed by atoms with Gasteiger partial charge >= 0.3 is 0 Å². The molecule has 0 aliphatic rings. The van der Waals surface area contributed by atoms with Crippen molar-refractivity contribution in [2.24, 2.45) is 7.05 Å². The Hall–Kier alpha value is -0.900. The Morgan fingerprint density at radius 3 is 2.20 bits per heavy atom. The molecule has 0 aromatic carbocycles. The molecule has 0 saturated carbocycles. The van der Waals surface area contributed by atoms with Gasteiger partial charge in [-0.15, -0.1) is 0 Å². The molecule has 0 spiro atoms. The van der Waals surface area contributed by atoms with Crippen LogP contribution in [0.5, 0.6) is 0 Å². The van der Waals surface area contributed by atoms with Crippen molar-refractivity contribution in [1.82, 2.24) is 0 Å². The van der Waals surface area contributed by atoms with E-state index < -0.39 is 9.84 Å². The molecule has 0 radical (unpaired) electrons. The summed E-state index contributed by atoms with van der Waals surface area (Å²) in [5, 5.41) is 0. The molecular formula is C16H28NO2S+. The van der Waals surface area contributed by atoms with E-state index in [1.54, 1.807) is 0 Å². The Morgan fingerprint density at radius 2 is 1.55 bits per heavy atom. The summed E-state index contributed by atoms with van der Waals surface area (Å²) in [7, 11) is -0.932. The molecular weight excluding hydrogens is 270 g/mol. The van der Waals surface area contributed by atoms with E-state index in [9.17, 15) is 8.42 Å². The van der Waals surface area contributed by atoms with Crippen LogP contribution >= 0.6 is 0 Å². The van der Waals surface area contributed by atoms with Crippen LogP contribution in [0.4, 0.5) is 0 Å². The maximum absolute atomic E-state index is 12.0. The molecule has 0 unspecified atom stereocenters. The van der Waals surface area contributed by atoms with Crippen molar-refractivity contribution >= 4 is 9.84 Å². The number of pyridine rings is 1. The summed E-state index contributed by atoms with van der Waals surface area (Å²) < 4.78 is 25.9. The molecule has 114 valence electrons. The summed E-state index contributed by atoms with van der Waals surface area (Å²) in [4.78, 5) is 0. The third-order valence-corrected chi connectivity index (χ3v) is 5.29. The standard InChI is InChI=1S/C16H28NO2S/c1-3-4-5-6-7-8-14-20(18,19)15-11-16-9-12-17(2)13-10-16/h9-10,12-13H,3-8,11,14-15H2,1-2H3/q+1. The first kappa shape index (κ1) is 17.2. The summed E-state index contributed by atoms with van der Waals surface area (Å²) in [6, 6.07) is 3.97. The molecule has 0 N–H and O–H groups in total. The van der Waals surface area contributed by atoms with Crippen LogP contribution in [-0.4, -0.2) is 19.9 Å². The van der Waals surface area contributed by atoms with Crippen LogP contribution in [0.1, 0.15) is 51.0 Å². The Labute approximate surface area is 124 Å². The van der Waals surface area contributed by atoms with Crippen molar-refractivity contribution in [1.29, 1.82) is 0 Å². The van der Waals surface area contributed by atoms with Crippen molar-refractivity contribution in [3.05, 3.63) is 30.1 Å². The van der Waals surface area contributed by atoms with Crippen LogP contribution in [0.3, 0.4) is 0 Å². The zero-order chi connectivity index (χ0) is 14.8. The Balaban J connectivity index is 2.22. The van der Waals surface area contributed by atoms with Crippen LogP contribution in [-0.2, 0) is 23.3 Å². The topological polar surface area (TPSA) is 38.0 Å². The Kier molecular flexibility index (Phi) is 7.82. The number of sulfone groups is 1. The van der Waals surface area contributed by atoms with Gasteiger partial charge in [0, 0.05) is 12.1 Å². The molecule has 1 aromatic heterocycles. The minimum atomic E-state index is -2.89. The number of aromatic nitrogens is 1. The second-order valence-corrected chi connectivity index (χ2v) is 7.85. The highest BCUT2D eigenvalue weighted by Gasteiger charge is 2.11. The molecule has 0 saturated heterocycles. The molecule has 0 atom stereocenters. The summed E-state index contributed by atoms with van der Waals surface area (Å²) >= 11 is 0. The predicted molar refractivity (Wildman–Crippen MR) is 83.4 cm³/mol. The van der Waals surface area contributed by atoms with Gasteiger partial charge in [0.2, 0.25) is 0 Å². The highest BCUT2D eigenvalue weighted by Crippen LogP contribution is 2.08. The summed E-state index contributed by atoms with van der Waals surface area (Å²) in [5.74, 6) is 0.620. The van der Waals surface area contributed by atoms with Crippen molar-refractivity contribution in [2.75, 3.05) is 11.5 Å². The minimum Gasteiger partial charge on any atom is -0.229 e. The van der Waals surface area contributed by atoms with Crippen LogP contribution in [0.15, 0.2) is 24.5 Å². The molecule has 0 aliphatic carbocycles. The third kappa shape index (κ3) is 7.63. The molecule has 3 nitrogen and oxygen atoms in total.